The molecule has 3 aromatic rings. The number of rotatable bonds is 8. The first-order chi connectivity index (χ1) is 14.0. The van der Waals surface area contributed by atoms with E-state index in [1.165, 1.54) is 0 Å². The maximum absolute atomic E-state index is 12.7. The van der Waals surface area contributed by atoms with Crippen molar-refractivity contribution in [1.82, 2.24) is 14.8 Å². The van der Waals surface area contributed by atoms with Gasteiger partial charge in [-0.2, -0.15) is 5.10 Å². The van der Waals surface area contributed by atoms with Gasteiger partial charge in [0.05, 0.1) is 6.61 Å². The molecule has 0 aliphatic heterocycles. The van der Waals surface area contributed by atoms with Crippen LogP contribution < -0.4 is 10.1 Å². The van der Waals surface area contributed by atoms with E-state index in [1.54, 1.807) is 4.57 Å². The van der Waals surface area contributed by atoms with Crippen molar-refractivity contribution in [1.29, 1.82) is 0 Å². The highest BCUT2D eigenvalue weighted by molar-refractivity contribution is 7.71. The second kappa shape index (κ2) is 9.52. The molecule has 7 heteroatoms. The van der Waals surface area contributed by atoms with Crippen molar-refractivity contribution >= 4 is 23.8 Å². The molecule has 1 amide bonds. The molecule has 3 rings (SSSR count). The first-order valence-corrected chi connectivity index (χ1v) is 10.1. The molecule has 2 N–H and O–H groups in total. The molecule has 0 unspecified atom stereocenters. The summed E-state index contributed by atoms with van der Waals surface area (Å²) < 4.78 is 7.83. The van der Waals surface area contributed by atoms with Gasteiger partial charge in [0.1, 0.15) is 12.3 Å². The third-order valence-corrected chi connectivity index (χ3v) is 4.92. The maximum Gasteiger partial charge on any atom is 0.244 e. The molecular formula is C22H26N4O2S. The van der Waals surface area contributed by atoms with E-state index >= 15 is 0 Å². The zero-order chi connectivity index (χ0) is 20.8. The summed E-state index contributed by atoms with van der Waals surface area (Å²) in [5.74, 6) is 1.29. The predicted molar refractivity (Wildman–Crippen MR) is 118 cm³/mol. The Labute approximate surface area is 175 Å². The minimum absolute atomic E-state index is 0.0761. The number of benzene rings is 2. The number of amides is 1. The lowest BCUT2D eigenvalue weighted by Gasteiger charge is -2.12. The van der Waals surface area contributed by atoms with Crippen LogP contribution in [0, 0.1) is 18.6 Å². The van der Waals surface area contributed by atoms with Gasteiger partial charge < -0.3 is 10.1 Å². The number of H-pyrrole nitrogens is 1. The fourth-order valence-electron chi connectivity index (χ4n) is 2.92. The van der Waals surface area contributed by atoms with Gasteiger partial charge in [0.15, 0.2) is 10.6 Å². The van der Waals surface area contributed by atoms with Gasteiger partial charge >= 0.3 is 0 Å². The summed E-state index contributed by atoms with van der Waals surface area (Å²) >= 11 is 5.32. The zero-order valence-electron chi connectivity index (χ0n) is 17.0. The molecule has 29 heavy (non-hydrogen) atoms. The molecule has 6 nitrogen and oxygen atoms in total. The van der Waals surface area contributed by atoms with Crippen LogP contribution in [-0.4, -0.2) is 27.3 Å². The summed E-state index contributed by atoms with van der Waals surface area (Å²) in [6.45, 7) is 6.87. The molecule has 152 valence electrons. The molecule has 0 fully saturated rings. The van der Waals surface area contributed by atoms with Crippen molar-refractivity contribution < 1.29 is 9.53 Å². The van der Waals surface area contributed by atoms with Crippen LogP contribution in [0.1, 0.15) is 30.9 Å². The highest BCUT2D eigenvalue weighted by Crippen LogP contribution is 2.22. The SMILES string of the molecule is CCCCOc1ccc(NC(=O)Cn2c(-c3ccc(C)cc3)n[nH]c2=S)c(C)c1. The Morgan fingerprint density at radius 1 is 1.21 bits per heavy atom. The Balaban J connectivity index is 1.71. The van der Waals surface area contributed by atoms with E-state index in [9.17, 15) is 4.79 Å². The number of carbonyl (C=O) groups is 1. The molecule has 2 aromatic carbocycles. The number of nitrogens with zero attached hydrogens (tertiary/aromatic N) is 2. The molecule has 0 atom stereocenters. The van der Waals surface area contributed by atoms with Crippen molar-refractivity contribution in [2.75, 3.05) is 11.9 Å². The van der Waals surface area contributed by atoms with E-state index in [-0.39, 0.29) is 12.5 Å². The van der Waals surface area contributed by atoms with Crippen molar-refractivity contribution in [3.05, 3.63) is 58.4 Å². The Morgan fingerprint density at radius 2 is 1.97 bits per heavy atom. The van der Waals surface area contributed by atoms with Crippen molar-refractivity contribution in [3.63, 3.8) is 0 Å². The molecular weight excluding hydrogens is 384 g/mol. The first kappa shape index (κ1) is 20.8. The molecule has 1 heterocycles. The average Bonchev–Trinajstić information content (AvgIpc) is 3.05. The van der Waals surface area contributed by atoms with E-state index in [0.717, 1.165) is 41.0 Å². The van der Waals surface area contributed by atoms with Crippen LogP contribution in [0.4, 0.5) is 5.69 Å². The number of carbonyl (C=O) groups excluding carboxylic acids is 1. The van der Waals surface area contributed by atoms with Crippen LogP contribution in [0.2, 0.25) is 0 Å². The number of unbranched alkanes of at least 4 members (excludes halogenated alkanes) is 1. The molecule has 1 aromatic heterocycles. The van der Waals surface area contributed by atoms with Crippen LogP contribution >= 0.6 is 12.2 Å². The highest BCUT2D eigenvalue weighted by atomic mass is 32.1. The fraction of sp³-hybridized carbons (Fsp3) is 0.318. The number of nitrogens with one attached hydrogen (secondary N) is 2. The summed E-state index contributed by atoms with van der Waals surface area (Å²) in [4.78, 5) is 12.7. The topological polar surface area (TPSA) is 71.9 Å². The quantitative estimate of drug-likeness (QED) is 0.403. The zero-order valence-corrected chi connectivity index (χ0v) is 17.8. The monoisotopic (exact) mass is 410 g/mol. The van der Waals surface area contributed by atoms with Gasteiger partial charge in [-0.1, -0.05) is 43.2 Å². The largest absolute Gasteiger partial charge is 0.494 e. The lowest BCUT2D eigenvalue weighted by molar-refractivity contribution is -0.116. The minimum atomic E-state index is -0.168. The van der Waals surface area contributed by atoms with Crippen LogP contribution in [-0.2, 0) is 11.3 Å². The lowest BCUT2D eigenvalue weighted by atomic mass is 10.1. The number of anilines is 1. The predicted octanol–water partition coefficient (Wildman–Crippen LogP) is 5.04. The molecule has 0 saturated heterocycles. The maximum atomic E-state index is 12.7. The number of aryl methyl sites for hydroxylation is 2. The number of aromatic amines is 1. The Morgan fingerprint density at radius 3 is 2.66 bits per heavy atom. The second-order valence-electron chi connectivity index (χ2n) is 7.03. The van der Waals surface area contributed by atoms with Crippen molar-refractivity contribution in [2.24, 2.45) is 0 Å². The van der Waals surface area contributed by atoms with Crippen LogP contribution in [0.25, 0.3) is 11.4 Å². The Hall–Kier alpha value is -2.93. The second-order valence-corrected chi connectivity index (χ2v) is 7.42. The Bertz CT molecular complexity index is 1040. The van der Waals surface area contributed by atoms with Gasteiger partial charge in [-0.05, 0) is 56.2 Å². The minimum Gasteiger partial charge on any atom is -0.494 e. The van der Waals surface area contributed by atoms with E-state index in [1.807, 2.05) is 56.3 Å². The number of hydrogen-bond acceptors (Lipinski definition) is 4. The van der Waals surface area contributed by atoms with Crippen molar-refractivity contribution in [3.8, 4) is 17.1 Å². The average molecular weight is 411 g/mol. The standard InChI is InChI=1S/C22H26N4O2S/c1-4-5-12-28-18-10-11-19(16(3)13-18)23-20(27)14-26-21(24-25-22(26)29)17-8-6-15(2)7-9-17/h6-11,13H,4-5,12,14H2,1-3H3,(H,23,27)(H,25,29). The third kappa shape index (κ3) is 5.32. The third-order valence-electron chi connectivity index (χ3n) is 4.61. The van der Waals surface area contributed by atoms with Gasteiger partial charge in [0, 0.05) is 11.3 Å². The van der Waals surface area contributed by atoms with E-state index in [4.69, 9.17) is 17.0 Å². The van der Waals surface area contributed by atoms with Gasteiger partial charge in [-0.15, -0.1) is 0 Å². The summed E-state index contributed by atoms with van der Waals surface area (Å²) in [5.41, 5.74) is 3.76. The summed E-state index contributed by atoms with van der Waals surface area (Å²) in [7, 11) is 0. The molecule has 0 spiro atoms. The highest BCUT2D eigenvalue weighted by Gasteiger charge is 2.13. The molecule has 0 radical (unpaired) electrons. The molecule has 0 bridgehead atoms. The lowest BCUT2D eigenvalue weighted by Crippen LogP contribution is -2.20. The fourth-order valence-corrected chi connectivity index (χ4v) is 3.12. The van der Waals surface area contributed by atoms with Crippen LogP contribution in [0.15, 0.2) is 42.5 Å². The van der Waals surface area contributed by atoms with Gasteiger partial charge in [0.25, 0.3) is 0 Å². The first-order valence-electron chi connectivity index (χ1n) is 9.73. The number of ether oxygens (including phenoxy) is 1. The van der Waals surface area contributed by atoms with E-state index in [2.05, 4.69) is 22.4 Å². The summed E-state index contributed by atoms with van der Waals surface area (Å²) in [5, 5.41) is 10.0. The van der Waals surface area contributed by atoms with Gasteiger partial charge in [-0.3, -0.25) is 14.5 Å². The van der Waals surface area contributed by atoms with E-state index < -0.39 is 0 Å². The van der Waals surface area contributed by atoms with Crippen LogP contribution in [0.3, 0.4) is 0 Å². The Kier molecular flexibility index (Phi) is 6.82. The molecule has 0 aliphatic carbocycles. The molecule has 0 saturated carbocycles. The van der Waals surface area contributed by atoms with Gasteiger partial charge in [-0.25, -0.2) is 0 Å². The van der Waals surface area contributed by atoms with E-state index in [0.29, 0.717) is 17.2 Å². The summed E-state index contributed by atoms with van der Waals surface area (Å²) in [6, 6.07) is 13.6. The smallest absolute Gasteiger partial charge is 0.244 e. The van der Waals surface area contributed by atoms with Crippen molar-refractivity contribution in [2.45, 2.75) is 40.2 Å². The number of hydrogen-bond donors (Lipinski definition) is 2. The number of aromatic nitrogens is 3. The normalized spacial score (nSPS) is 10.7. The van der Waals surface area contributed by atoms with Gasteiger partial charge in [0.2, 0.25) is 5.91 Å². The van der Waals surface area contributed by atoms with Crippen LogP contribution in [0.5, 0.6) is 5.75 Å². The molecule has 0 aliphatic rings. The summed E-state index contributed by atoms with van der Waals surface area (Å²) in [6.07, 6.45) is 2.11.